The summed E-state index contributed by atoms with van der Waals surface area (Å²) in [4.78, 5) is 64.7. The Morgan fingerprint density at radius 2 is 1.73 bits per heavy atom. The van der Waals surface area contributed by atoms with Gasteiger partial charge in [0.15, 0.2) is 0 Å². The summed E-state index contributed by atoms with van der Waals surface area (Å²) in [5.74, 6) is -1.98. The molecule has 12 heteroatoms. The van der Waals surface area contributed by atoms with E-state index in [-0.39, 0.29) is 25.5 Å². The minimum atomic E-state index is -0.988. The first-order valence-electron chi connectivity index (χ1n) is 13.9. The molecule has 1 aliphatic rings. The molecule has 3 N–H and O–H groups in total. The molecule has 0 bridgehead atoms. The highest BCUT2D eigenvalue weighted by molar-refractivity contribution is 5.93. The van der Waals surface area contributed by atoms with Gasteiger partial charge in [0.2, 0.25) is 11.8 Å². The number of alkyl carbamates (subject to hydrolysis) is 1. The maximum atomic E-state index is 13.2. The van der Waals surface area contributed by atoms with Gasteiger partial charge in [0, 0.05) is 13.1 Å². The minimum absolute atomic E-state index is 0.131. The summed E-state index contributed by atoms with van der Waals surface area (Å²) in [5.41, 5.74) is 0.149. The monoisotopic (exact) mass is 576 g/mol. The number of carbonyl (C=O) groups excluding carboxylic acids is 5. The molecule has 4 amide bonds. The number of nitrogens with zero attached hydrogens (tertiary/aromatic N) is 1. The molecule has 1 fully saturated rings. The highest BCUT2D eigenvalue weighted by atomic mass is 16.6. The molecule has 41 heavy (non-hydrogen) atoms. The molecule has 0 radical (unpaired) electrons. The van der Waals surface area contributed by atoms with Crippen molar-refractivity contribution in [2.24, 2.45) is 5.92 Å². The molecule has 1 aliphatic heterocycles. The first-order valence-corrected chi connectivity index (χ1v) is 13.9. The zero-order valence-corrected chi connectivity index (χ0v) is 24.9. The first-order chi connectivity index (χ1) is 19.3. The van der Waals surface area contributed by atoms with Crippen LogP contribution in [0.2, 0.25) is 0 Å². The number of carbonyl (C=O) groups is 5. The van der Waals surface area contributed by atoms with E-state index in [1.54, 1.807) is 34.6 Å². The van der Waals surface area contributed by atoms with Crippen molar-refractivity contribution in [3.8, 4) is 0 Å². The van der Waals surface area contributed by atoms with Crippen LogP contribution >= 0.6 is 0 Å². The molecule has 1 unspecified atom stereocenters. The average molecular weight is 577 g/mol. The summed E-state index contributed by atoms with van der Waals surface area (Å²) in [6.07, 6.45) is 0.445. The van der Waals surface area contributed by atoms with E-state index in [9.17, 15) is 24.0 Å². The third-order valence-corrected chi connectivity index (χ3v) is 6.38. The summed E-state index contributed by atoms with van der Waals surface area (Å²) >= 11 is 0. The summed E-state index contributed by atoms with van der Waals surface area (Å²) in [6, 6.07) is 6.54. The van der Waals surface area contributed by atoms with Crippen molar-refractivity contribution in [3.63, 3.8) is 0 Å². The van der Waals surface area contributed by atoms with Crippen molar-refractivity contribution in [2.45, 2.75) is 90.6 Å². The third-order valence-electron chi connectivity index (χ3n) is 6.38. The molecule has 3 atom stereocenters. The minimum Gasteiger partial charge on any atom is -0.467 e. The number of hydrogen-bond donors (Lipinski definition) is 3. The van der Waals surface area contributed by atoms with Crippen molar-refractivity contribution in [2.75, 3.05) is 20.2 Å². The smallest absolute Gasteiger partial charge is 0.410 e. The van der Waals surface area contributed by atoms with Crippen molar-refractivity contribution in [1.29, 1.82) is 0 Å². The lowest BCUT2D eigenvalue weighted by atomic mass is 10.0. The molecule has 12 nitrogen and oxygen atoms in total. The van der Waals surface area contributed by atoms with Crippen LogP contribution in [0, 0.1) is 5.92 Å². The Morgan fingerprint density at radius 1 is 1.05 bits per heavy atom. The number of esters is 1. The molecular weight excluding hydrogens is 532 g/mol. The zero-order valence-electron chi connectivity index (χ0n) is 24.9. The molecule has 1 aromatic rings. The number of nitrogens with one attached hydrogen (secondary N) is 3. The van der Waals surface area contributed by atoms with Gasteiger partial charge in [0.1, 0.15) is 30.3 Å². The highest BCUT2D eigenvalue weighted by Crippen LogP contribution is 2.21. The Bertz CT molecular complexity index is 1040. The van der Waals surface area contributed by atoms with E-state index < -0.39 is 53.7 Å². The van der Waals surface area contributed by atoms with Crippen LogP contribution in [0.25, 0.3) is 0 Å². The lowest BCUT2D eigenvalue weighted by molar-refractivity contribution is -0.145. The van der Waals surface area contributed by atoms with Crippen molar-refractivity contribution in [1.82, 2.24) is 20.9 Å². The van der Waals surface area contributed by atoms with Crippen molar-refractivity contribution < 1.29 is 38.2 Å². The molecule has 0 spiro atoms. The van der Waals surface area contributed by atoms with Gasteiger partial charge in [-0.25, -0.2) is 14.4 Å². The predicted molar refractivity (Wildman–Crippen MR) is 151 cm³/mol. The second kappa shape index (κ2) is 15.8. The van der Waals surface area contributed by atoms with Gasteiger partial charge < -0.3 is 30.2 Å². The highest BCUT2D eigenvalue weighted by Gasteiger charge is 2.39. The van der Waals surface area contributed by atoms with E-state index in [4.69, 9.17) is 14.2 Å². The molecule has 0 saturated carbocycles. The Balaban J connectivity index is 1.91. The van der Waals surface area contributed by atoms with E-state index in [1.807, 2.05) is 30.3 Å². The largest absolute Gasteiger partial charge is 0.467 e. The van der Waals surface area contributed by atoms with E-state index in [0.29, 0.717) is 25.8 Å². The molecule has 1 heterocycles. The van der Waals surface area contributed by atoms with E-state index in [2.05, 4.69) is 16.0 Å². The van der Waals surface area contributed by atoms with Crippen LogP contribution < -0.4 is 16.0 Å². The van der Waals surface area contributed by atoms with Crippen LogP contribution in [0.4, 0.5) is 9.59 Å². The summed E-state index contributed by atoms with van der Waals surface area (Å²) in [5, 5.41) is 8.04. The number of benzene rings is 1. The topological polar surface area (TPSA) is 152 Å². The molecule has 0 aliphatic carbocycles. The number of rotatable bonds is 12. The van der Waals surface area contributed by atoms with Gasteiger partial charge >= 0.3 is 18.2 Å². The lowest BCUT2D eigenvalue weighted by Crippen LogP contribution is -2.57. The van der Waals surface area contributed by atoms with Gasteiger partial charge in [0.25, 0.3) is 0 Å². The Morgan fingerprint density at radius 3 is 2.34 bits per heavy atom. The van der Waals surface area contributed by atoms with E-state index >= 15 is 0 Å². The van der Waals surface area contributed by atoms with Crippen LogP contribution in [-0.2, 0) is 35.2 Å². The van der Waals surface area contributed by atoms with Crippen LogP contribution in [0.15, 0.2) is 30.3 Å². The van der Waals surface area contributed by atoms with Crippen LogP contribution in [-0.4, -0.2) is 78.8 Å². The van der Waals surface area contributed by atoms with Gasteiger partial charge in [-0.05, 0) is 57.9 Å². The quantitative estimate of drug-likeness (QED) is 0.195. The Kier molecular flexibility index (Phi) is 12.9. The van der Waals surface area contributed by atoms with Gasteiger partial charge in [-0.3, -0.25) is 14.5 Å². The lowest BCUT2D eigenvalue weighted by Gasteiger charge is -2.30. The summed E-state index contributed by atoms with van der Waals surface area (Å²) < 4.78 is 15.4. The molecule has 1 aromatic carbocycles. The van der Waals surface area contributed by atoms with Crippen molar-refractivity contribution >= 4 is 30.0 Å². The van der Waals surface area contributed by atoms with Gasteiger partial charge in [0.05, 0.1) is 7.11 Å². The number of amides is 4. The molecule has 1 saturated heterocycles. The fraction of sp³-hybridized carbons (Fsp3) is 0.621. The van der Waals surface area contributed by atoms with Crippen LogP contribution in [0.3, 0.4) is 0 Å². The third kappa shape index (κ3) is 11.3. The fourth-order valence-corrected chi connectivity index (χ4v) is 4.29. The molecule has 2 rings (SSSR count). The van der Waals surface area contributed by atoms with Crippen molar-refractivity contribution in [3.05, 3.63) is 35.9 Å². The second-order valence-electron chi connectivity index (χ2n) is 11.3. The fourth-order valence-electron chi connectivity index (χ4n) is 4.29. The predicted octanol–water partition coefficient (Wildman–Crippen LogP) is 2.89. The van der Waals surface area contributed by atoms with Gasteiger partial charge in [-0.2, -0.15) is 0 Å². The van der Waals surface area contributed by atoms with E-state index in [0.717, 1.165) is 5.56 Å². The zero-order chi connectivity index (χ0) is 30.6. The van der Waals surface area contributed by atoms with Gasteiger partial charge in [-0.15, -0.1) is 0 Å². The standard InChI is InChI=1S/C29H44N4O8/c1-19(2)23(32-24(34)22-15-11-17-33(22)28(38)41-29(3,4)5)25(35)31-21(26(36)39-6)14-10-16-30-27(37)40-18-20-12-8-7-9-13-20/h7-9,12-13,19,21-23H,10-11,14-18H2,1-6H3,(H,30,37)(H,31,35)(H,32,34)/t21-,22?,23+/m0/s1. The summed E-state index contributed by atoms with van der Waals surface area (Å²) in [6.45, 7) is 9.51. The average Bonchev–Trinajstić information content (AvgIpc) is 3.41. The molecular formula is C29H44N4O8. The van der Waals surface area contributed by atoms with Gasteiger partial charge in [-0.1, -0.05) is 44.2 Å². The SMILES string of the molecule is COC(=O)[C@H](CCCNC(=O)OCc1ccccc1)NC(=O)[C@H](NC(=O)C1CCCN1C(=O)OC(C)(C)C)C(C)C. The van der Waals surface area contributed by atoms with Crippen LogP contribution in [0.5, 0.6) is 0 Å². The number of hydrogen-bond acceptors (Lipinski definition) is 8. The number of ether oxygens (including phenoxy) is 3. The number of methoxy groups -OCH3 is 1. The van der Waals surface area contributed by atoms with E-state index in [1.165, 1.54) is 12.0 Å². The number of likely N-dealkylation sites (tertiary alicyclic amines) is 1. The maximum Gasteiger partial charge on any atom is 0.410 e. The Labute approximate surface area is 241 Å². The first kappa shape index (κ1) is 33.4. The maximum absolute atomic E-state index is 13.2. The summed E-state index contributed by atoms with van der Waals surface area (Å²) in [7, 11) is 1.22. The normalized spacial score (nSPS) is 16.4. The Hall–Kier alpha value is -3.83. The molecule has 0 aromatic heterocycles. The second-order valence-corrected chi connectivity index (χ2v) is 11.3. The molecule has 228 valence electrons. The van der Waals surface area contributed by atoms with Crippen LogP contribution in [0.1, 0.15) is 65.9 Å².